The number of para-hydroxylation sites is 1. The van der Waals surface area contributed by atoms with Crippen LogP contribution in [0.25, 0.3) is 0 Å². The maximum atomic E-state index is 3.35. The van der Waals surface area contributed by atoms with Crippen LogP contribution in [0.3, 0.4) is 0 Å². The van der Waals surface area contributed by atoms with E-state index in [1.165, 1.54) is 37.1 Å². The molecule has 2 aliphatic rings. The van der Waals surface area contributed by atoms with Gasteiger partial charge in [-0.15, -0.1) is 0 Å². The molecule has 1 aromatic rings. The summed E-state index contributed by atoms with van der Waals surface area (Å²) < 4.78 is 0. The molecule has 0 aromatic heterocycles. The quantitative estimate of drug-likeness (QED) is 0.786. The molecule has 0 radical (unpaired) electrons. The van der Waals surface area contributed by atoms with Crippen LogP contribution in [-0.2, 0) is 6.42 Å². The van der Waals surface area contributed by atoms with E-state index < -0.39 is 0 Å². The maximum absolute atomic E-state index is 3.35. The van der Waals surface area contributed by atoms with E-state index in [0.717, 1.165) is 12.1 Å². The summed E-state index contributed by atoms with van der Waals surface area (Å²) in [5.41, 5.74) is 3.02. The highest BCUT2D eigenvalue weighted by molar-refractivity contribution is 5.59. The van der Waals surface area contributed by atoms with E-state index in [9.17, 15) is 0 Å². The number of rotatable bonds is 2. The van der Waals surface area contributed by atoms with E-state index in [1.807, 2.05) is 0 Å². The number of hydrogen-bond donors (Lipinski definition) is 1. The van der Waals surface area contributed by atoms with E-state index in [0.29, 0.717) is 0 Å². The van der Waals surface area contributed by atoms with Gasteiger partial charge < -0.3 is 10.2 Å². The molecule has 0 saturated heterocycles. The van der Waals surface area contributed by atoms with Crippen molar-refractivity contribution in [1.82, 2.24) is 5.32 Å². The molecule has 1 aliphatic heterocycles. The SMILES string of the molecule is CNC1CC(N2CCc3ccccc32)C1. The van der Waals surface area contributed by atoms with Crippen LogP contribution in [0, 0.1) is 0 Å². The van der Waals surface area contributed by atoms with Gasteiger partial charge in [0.1, 0.15) is 0 Å². The van der Waals surface area contributed by atoms with Gasteiger partial charge in [0.25, 0.3) is 0 Å². The van der Waals surface area contributed by atoms with E-state index in [2.05, 4.69) is 41.5 Å². The second-order valence-corrected chi connectivity index (χ2v) is 4.68. The fourth-order valence-electron chi connectivity index (χ4n) is 2.82. The smallest absolute Gasteiger partial charge is 0.0402 e. The van der Waals surface area contributed by atoms with Crippen LogP contribution in [0.2, 0.25) is 0 Å². The van der Waals surface area contributed by atoms with Crippen molar-refractivity contribution >= 4 is 5.69 Å². The number of benzene rings is 1. The van der Waals surface area contributed by atoms with Gasteiger partial charge in [0, 0.05) is 24.3 Å². The van der Waals surface area contributed by atoms with Crippen LogP contribution in [0.1, 0.15) is 18.4 Å². The third-order valence-electron chi connectivity index (χ3n) is 3.89. The molecule has 1 heterocycles. The van der Waals surface area contributed by atoms with Crippen LogP contribution in [-0.4, -0.2) is 25.7 Å². The Morgan fingerprint density at radius 2 is 2.07 bits per heavy atom. The molecule has 0 unspecified atom stereocenters. The summed E-state index contributed by atoms with van der Waals surface area (Å²) in [7, 11) is 2.07. The van der Waals surface area contributed by atoms with Crippen molar-refractivity contribution < 1.29 is 0 Å². The van der Waals surface area contributed by atoms with Gasteiger partial charge in [-0.1, -0.05) is 18.2 Å². The molecule has 1 N–H and O–H groups in total. The molecule has 1 saturated carbocycles. The van der Waals surface area contributed by atoms with Crippen molar-refractivity contribution in [3.8, 4) is 0 Å². The number of nitrogens with one attached hydrogen (secondary N) is 1. The molecule has 2 nitrogen and oxygen atoms in total. The first-order chi connectivity index (χ1) is 7.38. The fourth-order valence-corrected chi connectivity index (χ4v) is 2.82. The molecule has 0 amide bonds. The van der Waals surface area contributed by atoms with E-state index in [1.54, 1.807) is 0 Å². The van der Waals surface area contributed by atoms with Crippen molar-refractivity contribution in [1.29, 1.82) is 0 Å². The van der Waals surface area contributed by atoms with Crippen LogP contribution in [0.15, 0.2) is 24.3 Å². The van der Waals surface area contributed by atoms with Gasteiger partial charge in [-0.05, 0) is 37.9 Å². The van der Waals surface area contributed by atoms with Gasteiger partial charge in [0.15, 0.2) is 0 Å². The molecule has 0 atom stereocenters. The summed E-state index contributed by atoms with van der Waals surface area (Å²) in [5.74, 6) is 0. The second-order valence-electron chi connectivity index (χ2n) is 4.68. The molecule has 1 aliphatic carbocycles. The zero-order chi connectivity index (χ0) is 10.3. The summed E-state index contributed by atoms with van der Waals surface area (Å²) in [5, 5.41) is 3.35. The van der Waals surface area contributed by atoms with E-state index in [-0.39, 0.29) is 0 Å². The van der Waals surface area contributed by atoms with Gasteiger partial charge in [-0.2, -0.15) is 0 Å². The Morgan fingerprint density at radius 3 is 2.87 bits per heavy atom. The first-order valence-electron chi connectivity index (χ1n) is 5.90. The number of hydrogen-bond acceptors (Lipinski definition) is 2. The molecule has 3 rings (SSSR count). The lowest BCUT2D eigenvalue weighted by molar-refractivity contribution is 0.295. The number of fused-ring (bicyclic) bond motifs is 1. The monoisotopic (exact) mass is 202 g/mol. The topological polar surface area (TPSA) is 15.3 Å². The van der Waals surface area contributed by atoms with Crippen LogP contribution >= 0.6 is 0 Å². The highest BCUT2D eigenvalue weighted by Gasteiger charge is 2.35. The zero-order valence-electron chi connectivity index (χ0n) is 9.24. The number of anilines is 1. The summed E-state index contributed by atoms with van der Waals surface area (Å²) in [4.78, 5) is 2.60. The largest absolute Gasteiger partial charge is 0.368 e. The predicted octanol–water partition coefficient (Wildman–Crippen LogP) is 1.80. The molecule has 1 aromatic carbocycles. The Kier molecular flexibility index (Phi) is 2.17. The minimum atomic E-state index is 0.753. The summed E-state index contributed by atoms with van der Waals surface area (Å²) in [6.07, 6.45) is 3.85. The Morgan fingerprint density at radius 1 is 1.27 bits per heavy atom. The molecule has 15 heavy (non-hydrogen) atoms. The summed E-state index contributed by atoms with van der Waals surface area (Å²) in [6, 6.07) is 10.4. The van der Waals surface area contributed by atoms with E-state index in [4.69, 9.17) is 0 Å². The Bertz CT molecular complexity index is 355. The molecule has 2 heteroatoms. The van der Waals surface area contributed by atoms with Crippen molar-refractivity contribution in [2.24, 2.45) is 0 Å². The zero-order valence-corrected chi connectivity index (χ0v) is 9.24. The summed E-state index contributed by atoms with van der Waals surface area (Å²) >= 11 is 0. The normalized spacial score (nSPS) is 28.7. The molecule has 0 spiro atoms. The highest BCUT2D eigenvalue weighted by Crippen LogP contribution is 2.35. The van der Waals surface area contributed by atoms with Crippen LogP contribution in [0.4, 0.5) is 5.69 Å². The predicted molar refractivity (Wildman–Crippen MR) is 63.4 cm³/mol. The van der Waals surface area contributed by atoms with Crippen molar-refractivity contribution in [3.63, 3.8) is 0 Å². The average molecular weight is 202 g/mol. The van der Waals surface area contributed by atoms with E-state index >= 15 is 0 Å². The van der Waals surface area contributed by atoms with Crippen molar-refractivity contribution in [3.05, 3.63) is 29.8 Å². The molecular formula is C13H18N2. The average Bonchev–Trinajstić information content (AvgIpc) is 2.61. The second kappa shape index (κ2) is 3.53. The lowest BCUT2D eigenvalue weighted by Gasteiger charge is -2.42. The standard InChI is InChI=1S/C13H18N2/c1-14-11-8-12(9-11)15-7-6-10-4-2-3-5-13(10)15/h2-5,11-12,14H,6-9H2,1H3. The van der Waals surface area contributed by atoms with Gasteiger partial charge in [-0.3, -0.25) is 0 Å². The lowest BCUT2D eigenvalue weighted by Crippen LogP contribution is -2.51. The summed E-state index contributed by atoms with van der Waals surface area (Å²) in [6.45, 7) is 1.22. The molecule has 0 bridgehead atoms. The first kappa shape index (κ1) is 9.22. The highest BCUT2D eigenvalue weighted by atomic mass is 15.2. The van der Waals surface area contributed by atoms with Gasteiger partial charge in [0.05, 0.1) is 0 Å². The minimum Gasteiger partial charge on any atom is -0.368 e. The fraction of sp³-hybridized carbons (Fsp3) is 0.538. The molecule has 80 valence electrons. The number of nitrogens with zero attached hydrogens (tertiary/aromatic N) is 1. The molecular weight excluding hydrogens is 184 g/mol. The Hall–Kier alpha value is -1.02. The Balaban J connectivity index is 1.75. The third-order valence-corrected chi connectivity index (χ3v) is 3.89. The van der Waals surface area contributed by atoms with Crippen molar-refractivity contribution in [2.75, 3.05) is 18.5 Å². The minimum absolute atomic E-state index is 0.753. The lowest BCUT2D eigenvalue weighted by atomic mass is 9.85. The molecule has 1 fully saturated rings. The van der Waals surface area contributed by atoms with Crippen molar-refractivity contribution in [2.45, 2.75) is 31.3 Å². The van der Waals surface area contributed by atoms with Gasteiger partial charge >= 0.3 is 0 Å². The van der Waals surface area contributed by atoms with Gasteiger partial charge in [0.2, 0.25) is 0 Å². The first-order valence-corrected chi connectivity index (χ1v) is 5.90. The van der Waals surface area contributed by atoms with Crippen LogP contribution in [0.5, 0.6) is 0 Å². The maximum Gasteiger partial charge on any atom is 0.0402 e. The Labute approximate surface area is 91.3 Å². The van der Waals surface area contributed by atoms with Gasteiger partial charge in [-0.25, -0.2) is 0 Å². The third kappa shape index (κ3) is 1.44. The van der Waals surface area contributed by atoms with Crippen LogP contribution < -0.4 is 10.2 Å².